The number of carbonyl (C=O) groups excluding carboxylic acids is 2. The van der Waals surface area contributed by atoms with Crippen LogP contribution in [0.1, 0.15) is 26.3 Å². The summed E-state index contributed by atoms with van der Waals surface area (Å²) in [5.41, 5.74) is 2.48. The van der Waals surface area contributed by atoms with Crippen molar-refractivity contribution in [2.24, 2.45) is 0 Å². The Morgan fingerprint density at radius 2 is 1.58 bits per heavy atom. The molecule has 3 N–H and O–H groups in total. The molecule has 0 radical (unpaired) electrons. The van der Waals surface area contributed by atoms with E-state index in [0.29, 0.717) is 32.9 Å². The van der Waals surface area contributed by atoms with Gasteiger partial charge in [-0.3, -0.25) is 14.4 Å². The molecule has 2 amide bonds. The van der Waals surface area contributed by atoms with Gasteiger partial charge in [0.2, 0.25) is 0 Å². The number of aromatic nitrogens is 1. The van der Waals surface area contributed by atoms with Crippen molar-refractivity contribution in [1.82, 2.24) is 4.98 Å². The minimum absolute atomic E-state index is 0.0544. The van der Waals surface area contributed by atoms with Crippen LogP contribution in [0.4, 0.5) is 11.4 Å². The predicted molar refractivity (Wildman–Crippen MR) is 123 cm³/mol. The van der Waals surface area contributed by atoms with Crippen LogP contribution in [0.3, 0.4) is 0 Å². The summed E-state index contributed by atoms with van der Waals surface area (Å²) in [5.74, 6) is -0.869. The number of rotatable bonds is 4. The number of hydrogen-bond acceptors (Lipinski definition) is 3. The highest BCUT2D eigenvalue weighted by molar-refractivity contribution is 6.30. The smallest absolute Gasteiger partial charge is 0.261 e. The predicted octanol–water partition coefficient (Wildman–Crippen LogP) is 4.99. The largest absolute Gasteiger partial charge is 0.322 e. The maximum atomic E-state index is 12.7. The van der Waals surface area contributed by atoms with Crippen LogP contribution in [0.5, 0.6) is 0 Å². The lowest BCUT2D eigenvalue weighted by molar-refractivity contribution is 0.101. The third-order valence-electron chi connectivity index (χ3n) is 4.80. The van der Waals surface area contributed by atoms with Crippen molar-refractivity contribution in [3.05, 3.63) is 105 Å². The van der Waals surface area contributed by atoms with Crippen LogP contribution in [0.15, 0.2) is 77.6 Å². The molecule has 0 aliphatic rings. The Kier molecular flexibility index (Phi) is 5.56. The number of halogens is 1. The van der Waals surface area contributed by atoms with Gasteiger partial charge in [0, 0.05) is 21.7 Å². The van der Waals surface area contributed by atoms with Crippen molar-refractivity contribution < 1.29 is 9.59 Å². The Morgan fingerprint density at radius 1 is 0.871 bits per heavy atom. The Morgan fingerprint density at radius 3 is 2.29 bits per heavy atom. The van der Waals surface area contributed by atoms with E-state index in [1.807, 2.05) is 19.1 Å². The number of H-pyrrole nitrogens is 1. The topological polar surface area (TPSA) is 91.1 Å². The van der Waals surface area contributed by atoms with Crippen LogP contribution < -0.4 is 16.2 Å². The first-order chi connectivity index (χ1) is 14.9. The first-order valence-corrected chi connectivity index (χ1v) is 9.89. The standard InChI is InChI=1S/C24H18ClN3O3/c1-14-5-11-17(12-6-14)26-23(30)19-13-18-20(3-2-4-21(18)28-24(19)31)27-22(29)15-7-9-16(25)10-8-15/h2-13H,1H3,(H,26,30)(H,27,29)(H,28,31). The number of amides is 2. The molecule has 6 nitrogen and oxygen atoms in total. The molecule has 0 spiro atoms. The number of anilines is 2. The molecular formula is C24H18ClN3O3. The molecule has 7 heteroatoms. The molecule has 0 fully saturated rings. The lowest BCUT2D eigenvalue weighted by Crippen LogP contribution is -2.23. The van der Waals surface area contributed by atoms with Crippen LogP contribution in [-0.2, 0) is 0 Å². The molecule has 154 valence electrons. The van der Waals surface area contributed by atoms with E-state index in [2.05, 4.69) is 15.6 Å². The number of hydrogen-bond donors (Lipinski definition) is 3. The molecule has 0 saturated carbocycles. The Labute approximate surface area is 182 Å². The van der Waals surface area contributed by atoms with Gasteiger partial charge in [-0.05, 0) is 61.5 Å². The van der Waals surface area contributed by atoms with Gasteiger partial charge >= 0.3 is 0 Å². The highest BCUT2D eigenvalue weighted by atomic mass is 35.5. The summed E-state index contributed by atoms with van der Waals surface area (Å²) in [5, 5.41) is 6.62. The van der Waals surface area contributed by atoms with E-state index in [4.69, 9.17) is 11.6 Å². The molecule has 0 saturated heterocycles. The van der Waals surface area contributed by atoms with E-state index in [-0.39, 0.29) is 11.5 Å². The van der Waals surface area contributed by atoms with Crippen LogP contribution in [-0.4, -0.2) is 16.8 Å². The van der Waals surface area contributed by atoms with Gasteiger partial charge in [0.25, 0.3) is 17.4 Å². The van der Waals surface area contributed by atoms with Gasteiger partial charge in [0.05, 0.1) is 11.2 Å². The fourth-order valence-corrected chi connectivity index (χ4v) is 3.26. The quantitative estimate of drug-likeness (QED) is 0.425. The molecule has 0 unspecified atom stereocenters. The average Bonchev–Trinajstić information content (AvgIpc) is 2.75. The third-order valence-corrected chi connectivity index (χ3v) is 5.05. The van der Waals surface area contributed by atoms with Gasteiger partial charge in [-0.25, -0.2) is 0 Å². The van der Waals surface area contributed by atoms with Gasteiger partial charge in [-0.2, -0.15) is 0 Å². The second kappa shape index (κ2) is 8.45. The Bertz CT molecular complexity index is 1340. The molecule has 0 atom stereocenters. The minimum atomic E-state index is -0.536. The SMILES string of the molecule is Cc1ccc(NC(=O)c2cc3c(NC(=O)c4ccc(Cl)cc4)cccc3[nH]c2=O)cc1. The van der Waals surface area contributed by atoms with Crippen molar-refractivity contribution in [2.45, 2.75) is 6.92 Å². The molecular weight excluding hydrogens is 414 g/mol. The molecule has 1 heterocycles. The van der Waals surface area contributed by atoms with E-state index < -0.39 is 11.5 Å². The molecule has 4 rings (SSSR count). The first kappa shape index (κ1) is 20.4. The van der Waals surface area contributed by atoms with Crippen LogP contribution in [0.25, 0.3) is 10.9 Å². The summed E-state index contributed by atoms with van der Waals surface area (Å²) in [7, 11) is 0. The molecule has 1 aromatic heterocycles. The first-order valence-electron chi connectivity index (χ1n) is 9.52. The van der Waals surface area contributed by atoms with Crippen molar-refractivity contribution in [1.29, 1.82) is 0 Å². The number of pyridine rings is 1. The van der Waals surface area contributed by atoms with E-state index in [0.717, 1.165) is 5.56 Å². The van der Waals surface area contributed by atoms with Crippen molar-refractivity contribution >= 4 is 45.7 Å². The summed E-state index contributed by atoms with van der Waals surface area (Å²) in [6, 6.07) is 20.4. The second-order valence-corrected chi connectivity index (χ2v) is 7.50. The fourth-order valence-electron chi connectivity index (χ4n) is 3.14. The summed E-state index contributed by atoms with van der Waals surface area (Å²) < 4.78 is 0. The number of aryl methyl sites for hydroxylation is 1. The van der Waals surface area contributed by atoms with Gasteiger partial charge in [0.1, 0.15) is 5.56 Å². The number of nitrogens with one attached hydrogen (secondary N) is 3. The number of fused-ring (bicyclic) bond motifs is 1. The van der Waals surface area contributed by atoms with Gasteiger partial charge < -0.3 is 15.6 Å². The van der Waals surface area contributed by atoms with E-state index in [1.165, 1.54) is 6.07 Å². The van der Waals surface area contributed by atoms with Gasteiger partial charge in [-0.15, -0.1) is 0 Å². The summed E-state index contributed by atoms with van der Waals surface area (Å²) >= 11 is 5.88. The molecule has 31 heavy (non-hydrogen) atoms. The van der Waals surface area contributed by atoms with E-state index in [9.17, 15) is 14.4 Å². The van der Waals surface area contributed by atoms with E-state index >= 15 is 0 Å². The van der Waals surface area contributed by atoms with Crippen molar-refractivity contribution in [2.75, 3.05) is 10.6 Å². The van der Waals surface area contributed by atoms with Crippen LogP contribution in [0, 0.1) is 6.92 Å². The highest BCUT2D eigenvalue weighted by Crippen LogP contribution is 2.23. The zero-order valence-electron chi connectivity index (χ0n) is 16.5. The Hall–Kier alpha value is -3.90. The number of benzene rings is 3. The van der Waals surface area contributed by atoms with E-state index in [1.54, 1.807) is 54.6 Å². The van der Waals surface area contributed by atoms with Crippen LogP contribution in [0.2, 0.25) is 5.02 Å². The summed E-state index contributed by atoms with van der Waals surface area (Å²) in [6.45, 7) is 1.94. The van der Waals surface area contributed by atoms with Gasteiger partial charge in [0.15, 0.2) is 0 Å². The molecule has 0 bridgehead atoms. The number of aromatic amines is 1. The Balaban J connectivity index is 1.67. The highest BCUT2D eigenvalue weighted by Gasteiger charge is 2.15. The summed E-state index contributed by atoms with van der Waals surface area (Å²) in [4.78, 5) is 40.5. The normalized spacial score (nSPS) is 10.6. The molecule has 4 aromatic rings. The lowest BCUT2D eigenvalue weighted by Gasteiger charge is -2.11. The maximum absolute atomic E-state index is 12.7. The minimum Gasteiger partial charge on any atom is -0.322 e. The molecule has 3 aromatic carbocycles. The van der Waals surface area contributed by atoms with Crippen molar-refractivity contribution in [3.8, 4) is 0 Å². The third kappa shape index (κ3) is 4.49. The number of carbonyl (C=O) groups is 2. The average molecular weight is 432 g/mol. The molecule has 0 aliphatic heterocycles. The summed E-state index contributed by atoms with van der Waals surface area (Å²) in [6.07, 6.45) is 0. The molecule has 0 aliphatic carbocycles. The van der Waals surface area contributed by atoms with Crippen LogP contribution >= 0.6 is 11.6 Å². The fraction of sp³-hybridized carbons (Fsp3) is 0.0417. The zero-order valence-corrected chi connectivity index (χ0v) is 17.3. The van der Waals surface area contributed by atoms with Crippen molar-refractivity contribution in [3.63, 3.8) is 0 Å². The monoisotopic (exact) mass is 431 g/mol. The zero-order chi connectivity index (χ0) is 22.0. The lowest BCUT2D eigenvalue weighted by atomic mass is 10.1. The maximum Gasteiger partial charge on any atom is 0.261 e. The van der Waals surface area contributed by atoms with Gasteiger partial charge in [-0.1, -0.05) is 35.4 Å². The second-order valence-electron chi connectivity index (χ2n) is 7.06.